The van der Waals surface area contributed by atoms with Crippen molar-refractivity contribution in [2.45, 2.75) is 4.34 Å². The van der Waals surface area contributed by atoms with Crippen molar-refractivity contribution in [1.82, 2.24) is 4.98 Å². The molecule has 1 aromatic heterocycles. The minimum atomic E-state index is -0.0335. The fourth-order valence-electron chi connectivity index (χ4n) is 1.92. The summed E-state index contributed by atoms with van der Waals surface area (Å²) in [5.74, 6) is 0.312. The molecule has 23 heavy (non-hydrogen) atoms. The van der Waals surface area contributed by atoms with Gasteiger partial charge in [-0.1, -0.05) is 58.0 Å². The van der Waals surface area contributed by atoms with E-state index in [1.807, 2.05) is 60.0 Å². The van der Waals surface area contributed by atoms with Crippen molar-refractivity contribution in [2.75, 3.05) is 11.1 Å². The maximum absolute atomic E-state index is 12.0. The first-order valence-electron chi connectivity index (χ1n) is 6.90. The molecule has 0 unspecified atom stereocenters. The van der Waals surface area contributed by atoms with Gasteiger partial charge in [-0.05, 0) is 24.3 Å². The van der Waals surface area contributed by atoms with Gasteiger partial charge in [-0.25, -0.2) is 4.98 Å². The van der Waals surface area contributed by atoms with E-state index in [0.717, 1.165) is 25.8 Å². The van der Waals surface area contributed by atoms with Crippen molar-refractivity contribution in [3.63, 3.8) is 0 Å². The van der Waals surface area contributed by atoms with Crippen LogP contribution in [0.1, 0.15) is 0 Å². The normalized spacial score (nSPS) is 10.5. The number of rotatable bonds is 5. The van der Waals surface area contributed by atoms with Gasteiger partial charge in [-0.15, -0.1) is 11.3 Å². The summed E-state index contributed by atoms with van der Waals surface area (Å²) in [6.45, 7) is 0. The Morgan fingerprint density at radius 2 is 1.87 bits per heavy atom. The lowest BCUT2D eigenvalue weighted by molar-refractivity contribution is -0.113. The molecule has 1 N–H and O–H groups in total. The van der Waals surface area contributed by atoms with Gasteiger partial charge in [-0.2, -0.15) is 0 Å². The lowest BCUT2D eigenvalue weighted by atomic mass is 10.2. The van der Waals surface area contributed by atoms with Crippen LogP contribution < -0.4 is 5.32 Å². The Hall–Kier alpha value is -1.63. The van der Waals surface area contributed by atoms with Crippen LogP contribution in [0.15, 0.2) is 68.8 Å². The van der Waals surface area contributed by atoms with Gasteiger partial charge < -0.3 is 5.32 Å². The lowest BCUT2D eigenvalue weighted by Crippen LogP contribution is -2.13. The van der Waals surface area contributed by atoms with E-state index in [2.05, 4.69) is 26.2 Å². The average molecular weight is 405 g/mol. The van der Waals surface area contributed by atoms with Gasteiger partial charge in [0.1, 0.15) is 0 Å². The minimum absolute atomic E-state index is 0.0335. The average Bonchev–Trinajstić information content (AvgIpc) is 3.05. The summed E-state index contributed by atoms with van der Waals surface area (Å²) in [6.07, 6.45) is 0. The molecule has 0 saturated heterocycles. The molecule has 116 valence electrons. The Bertz CT molecular complexity index is 788. The van der Waals surface area contributed by atoms with E-state index in [1.54, 1.807) is 11.3 Å². The quantitative estimate of drug-likeness (QED) is 0.586. The van der Waals surface area contributed by atoms with Crippen LogP contribution in [0.5, 0.6) is 0 Å². The predicted molar refractivity (Wildman–Crippen MR) is 101 cm³/mol. The number of benzene rings is 2. The number of nitrogens with one attached hydrogen (secondary N) is 1. The third kappa shape index (κ3) is 4.67. The first-order valence-corrected chi connectivity index (χ1v) is 9.56. The second-order valence-electron chi connectivity index (χ2n) is 4.71. The summed E-state index contributed by atoms with van der Waals surface area (Å²) in [7, 11) is 0. The van der Waals surface area contributed by atoms with Crippen molar-refractivity contribution in [3.8, 4) is 11.3 Å². The predicted octanol–water partition coefficient (Wildman–Crippen LogP) is 5.30. The third-order valence-corrected chi connectivity index (χ3v) is 5.56. The van der Waals surface area contributed by atoms with Crippen LogP contribution in [0.3, 0.4) is 0 Å². The summed E-state index contributed by atoms with van der Waals surface area (Å²) in [5, 5.41) is 4.89. The van der Waals surface area contributed by atoms with Gasteiger partial charge in [0, 0.05) is 21.1 Å². The van der Waals surface area contributed by atoms with Crippen LogP contribution in [-0.4, -0.2) is 16.6 Å². The molecule has 0 aliphatic carbocycles. The molecule has 0 radical (unpaired) electrons. The molecule has 0 atom stereocenters. The lowest BCUT2D eigenvalue weighted by Gasteiger charge is -2.04. The zero-order valence-corrected chi connectivity index (χ0v) is 15.2. The van der Waals surface area contributed by atoms with Crippen LogP contribution in [-0.2, 0) is 4.79 Å². The number of aromatic nitrogens is 1. The number of halogens is 1. The zero-order chi connectivity index (χ0) is 16.1. The molecule has 0 fully saturated rings. The number of thioether (sulfide) groups is 1. The highest BCUT2D eigenvalue weighted by molar-refractivity contribution is 9.10. The van der Waals surface area contributed by atoms with E-state index < -0.39 is 0 Å². The maximum atomic E-state index is 12.0. The van der Waals surface area contributed by atoms with E-state index in [1.165, 1.54) is 11.8 Å². The molecule has 1 amide bonds. The molecular formula is C17H13BrN2OS2. The van der Waals surface area contributed by atoms with Gasteiger partial charge in [0.2, 0.25) is 5.91 Å². The molecule has 3 nitrogen and oxygen atoms in total. The van der Waals surface area contributed by atoms with Crippen LogP contribution in [0.4, 0.5) is 5.69 Å². The Morgan fingerprint density at radius 1 is 1.13 bits per heavy atom. The van der Waals surface area contributed by atoms with Gasteiger partial charge in [0.05, 0.1) is 11.4 Å². The zero-order valence-electron chi connectivity index (χ0n) is 12.0. The second kappa shape index (κ2) is 7.77. The summed E-state index contributed by atoms with van der Waals surface area (Å²) in [6, 6.07) is 17.6. The Balaban J connectivity index is 1.55. The first kappa shape index (κ1) is 16.2. The summed E-state index contributed by atoms with van der Waals surface area (Å²) < 4.78 is 1.89. The van der Waals surface area contributed by atoms with Gasteiger partial charge >= 0.3 is 0 Å². The van der Waals surface area contributed by atoms with Crippen molar-refractivity contribution in [1.29, 1.82) is 0 Å². The van der Waals surface area contributed by atoms with Crippen molar-refractivity contribution >= 4 is 50.6 Å². The number of anilines is 1. The number of hydrogen-bond donors (Lipinski definition) is 1. The Morgan fingerprint density at radius 3 is 2.61 bits per heavy atom. The molecule has 2 aromatic carbocycles. The molecule has 0 aliphatic heterocycles. The largest absolute Gasteiger partial charge is 0.325 e. The SMILES string of the molecule is O=C(CSc1nc(-c2ccccc2)cs1)Nc1ccc(Br)cc1. The van der Waals surface area contributed by atoms with E-state index in [9.17, 15) is 4.79 Å². The molecule has 0 bridgehead atoms. The van der Waals surface area contributed by atoms with Crippen LogP contribution >= 0.6 is 39.0 Å². The van der Waals surface area contributed by atoms with Crippen molar-refractivity contribution in [2.24, 2.45) is 0 Å². The second-order valence-corrected chi connectivity index (χ2v) is 7.70. The molecule has 0 saturated carbocycles. The summed E-state index contributed by atoms with van der Waals surface area (Å²) >= 11 is 6.38. The first-order chi connectivity index (χ1) is 11.2. The summed E-state index contributed by atoms with van der Waals surface area (Å²) in [5.41, 5.74) is 2.84. The number of thiazole rings is 1. The molecule has 6 heteroatoms. The van der Waals surface area contributed by atoms with Crippen LogP contribution in [0, 0.1) is 0 Å². The van der Waals surface area contributed by atoms with E-state index in [0.29, 0.717) is 5.75 Å². The van der Waals surface area contributed by atoms with E-state index >= 15 is 0 Å². The van der Waals surface area contributed by atoms with Gasteiger partial charge in [0.25, 0.3) is 0 Å². The molecule has 3 rings (SSSR count). The molecule has 3 aromatic rings. The molecular weight excluding hydrogens is 392 g/mol. The number of amides is 1. The van der Waals surface area contributed by atoms with E-state index in [-0.39, 0.29) is 5.91 Å². The highest BCUT2D eigenvalue weighted by Gasteiger charge is 2.08. The molecule has 0 aliphatic rings. The van der Waals surface area contributed by atoms with Crippen molar-refractivity contribution in [3.05, 3.63) is 64.5 Å². The van der Waals surface area contributed by atoms with Crippen LogP contribution in [0.25, 0.3) is 11.3 Å². The Labute approximate surface area is 151 Å². The number of hydrogen-bond acceptors (Lipinski definition) is 4. The monoisotopic (exact) mass is 404 g/mol. The number of carbonyl (C=O) groups excluding carboxylic acids is 1. The number of nitrogens with zero attached hydrogens (tertiary/aromatic N) is 1. The van der Waals surface area contributed by atoms with E-state index in [4.69, 9.17) is 0 Å². The summed E-state index contributed by atoms with van der Waals surface area (Å²) in [4.78, 5) is 16.5. The highest BCUT2D eigenvalue weighted by atomic mass is 79.9. The fraction of sp³-hybridized carbons (Fsp3) is 0.0588. The van der Waals surface area contributed by atoms with Crippen molar-refractivity contribution < 1.29 is 4.79 Å². The standard InChI is InChI=1S/C17H13BrN2OS2/c18-13-6-8-14(9-7-13)19-16(21)11-23-17-20-15(10-22-17)12-4-2-1-3-5-12/h1-10H,11H2,(H,19,21). The topological polar surface area (TPSA) is 42.0 Å². The van der Waals surface area contributed by atoms with Gasteiger partial charge in [-0.3, -0.25) is 4.79 Å². The highest BCUT2D eigenvalue weighted by Crippen LogP contribution is 2.28. The smallest absolute Gasteiger partial charge is 0.234 e. The third-order valence-electron chi connectivity index (χ3n) is 3.01. The fourth-order valence-corrected chi connectivity index (χ4v) is 3.82. The maximum Gasteiger partial charge on any atom is 0.234 e. The Kier molecular flexibility index (Phi) is 5.48. The van der Waals surface area contributed by atoms with Gasteiger partial charge in [0.15, 0.2) is 4.34 Å². The molecule has 1 heterocycles. The minimum Gasteiger partial charge on any atom is -0.325 e. The van der Waals surface area contributed by atoms with Crippen LogP contribution in [0.2, 0.25) is 0 Å². The molecule has 0 spiro atoms. The number of carbonyl (C=O) groups is 1.